The minimum Gasteiger partial charge on any atom is -0.493 e. The Balaban J connectivity index is 1.46. The van der Waals surface area contributed by atoms with Crippen LogP contribution in [0.5, 0.6) is 11.6 Å². The lowest BCUT2D eigenvalue weighted by Gasteiger charge is -2.17. The van der Waals surface area contributed by atoms with Gasteiger partial charge in [0.2, 0.25) is 5.88 Å². The van der Waals surface area contributed by atoms with E-state index in [-0.39, 0.29) is 46.6 Å². The zero-order valence-corrected chi connectivity index (χ0v) is 24.2. The molecule has 4 heterocycles. The van der Waals surface area contributed by atoms with Crippen LogP contribution in [0.3, 0.4) is 0 Å². The molecule has 0 atom stereocenters. The van der Waals surface area contributed by atoms with Crippen molar-refractivity contribution in [2.24, 2.45) is 0 Å². The standard InChI is InChI=1S/C30H27F4N7O3/c1-15(2)40-13-20(30(32,33)34)38-28(40)19-9-7-18(25(43-3)23(19)31)12-41-21(42)10-8-17-11-35-26(39-27(17)41)22-24(16-5-6-16)36-14-37-29(22)44-4/h7-11,13-16H,5-6,12H2,1-4H3. The van der Waals surface area contributed by atoms with Crippen LogP contribution >= 0.6 is 0 Å². The molecule has 1 fully saturated rings. The molecule has 10 nitrogen and oxygen atoms in total. The van der Waals surface area contributed by atoms with Gasteiger partial charge in [-0.1, -0.05) is 6.07 Å². The first kappa shape index (κ1) is 29.2. The molecule has 5 aromatic rings. The van der Waals surface area contributed by atoms with E-state index in [1.807, 2.05) is 0 Å². The second-order valence-electron chi connectivity index (χ2n) is 10.7. The van der Waals surface area contributed by atoms with Gasteiger partial charge in [-0.3, -0.25) is 9.36 Å². The van der Waals surface area contributed by atoms with E-state index in [1.54, 1.807) is 26.1 Å². The van der Waals surface area contributed by atoms with Gasteiger partial charge in [0.05, 0.1) is 32.0 Å². The number of nitrogens with zero attached hydrogens (tertiary/aromatic N) is 7. The van der Waals surface area contributed by atoms with Gasteiger partial charge in [0.15, 0.2) is 23.1 Å². The topological polar surface area (TPSA) is 110 Å². The summed E-state index contributed by atoms with van der Waals surface area (Å²) >= 11 is 0. The minimum atomic E-state index is -4.71. The van der Waals surface area contributed by atoms with Crippen molar-refractivity contribution in [2.45, 2.75) is 51.4 Å². The van der Waals surface area contributed by atoms with E-state index in [2.05, 4.69) is 19.9 Å². The molecule has 14 heteroatoms. The average molecular weight is 610 g/mol. The normalized spacial score (nSPS) is 13.6. The molecule has 6 rings (SSSR count). The number of ether oxygens (including phenoxy) is 2. The Hall–Kier alpha value is -4.88. The highest BCUT2D eigenvalue weighted by atomic mass is 19.4. The van der Waals surface area contributed by atoms with Gasteiger partial charge in [0.1, 0.15) is 23.4 Å². The maximum Gasteiger partial charge on any atom is 0.434 e. The quantitative estimate of drug-likeness (QED) is 0.203. The highest BCUT2D eigenvalue weighted by molar-refractivity contribution is 5.78. The maximum atomic E-state index is 16.0. The van der Waals surface area contributed by atoms with Crippen molar-refractivity contribution >= 4 is 11.0 Å². The number of aromatic nitrogens is 7. The van der Waals surface area contributed by atoms with Crippen molar-refractivity contribution in [1.29, 1.82) is 0 Å². The first-order valence-electron chi connectivity index (χ1n) is 13.8. The molecular formula is C30H27F4N7O3. The second kappa shape index (κ2) is 11.0. The third kappa shape index (κ3) is 5.13. The monoisotopic (exact) mass is 609 g/mol. The molecule has 0 unspecified atom stereocenters. The van der Waals surface area contributed by atoms with Gasteiger partial charge in [-0.25, -0.2) is 29.3 Å². The molecule has 0 aliphatic heterocycles. The molecule has 0 N–H and O–H groups in total. The Morgan fingerprint density at radius 1 is 1.02 bits per heavy atom. The van der Waals surface area contributed by atoms with Crippen LogP contribution in [-0.4, -0.2) is 48.3 Å². The fourth-order valence-corrected chi connectivity index (χ4v) is 5.17. The molecule has 4 aromatic heterocycles. The van der Waals surface area contributed by atoms with Gasteiger partial charge in [-0.15, -0.1) is 0 Å². The van der Waals surface area contributed by atoms with Crippen molar-refractivity contribution < 1.29 is 27.0 Å². The first-order valence-corrected chi connectivity index (χ1v) is 13.8. The Bertz CT molecular complexity index is 1950. The van der Waals surface area contributed by atoms with E-state index in [9.17, 15) is 18.0 Å². The summed E-state index contributed by atoms with van der Waals surface area (Å²) in [7, 11) is 2.73. The number of imidazole rings is 1. The molecule has 0 spiro atoms. The predicted molar refractivity (Wildman–Crippen MR) is 152 cm³/mol. The molecule has 0 radical (unpaired) electrons. The summed E-state index contributed by atoms with van der Waals surface area (Å²) < 4.78 is 69.9. The molecular weight excluding hydrogens is 582 g/mol. The molecule has 0 saturated heterocycles. The number of hydrogen-bond acceptors (Lipinski definition) is 8. The summed E-state index contributed by atoms with van der Waals surface area (Å²) in [6.07, 6.45) is 1.06. The van der Waals surface area contributed by atoms with E-state index < -0.39 is 29.3 Å². The smallest absolute Gasteiger partial charge is 0.434 e. The molecule has 1 aromatic carbocycles. The summed E-state index contributed by atoms with van der Waals surface area (Å²) in [5.74, 6) is -0.537. The summed E-state index contributed by atoms with van der Waals surface area (Å²) in [6, 6.07) is 5.33. The van der Waals surface area contributed by atoms with E-state index in [0.29, 0.717) is 16.8 Å². The van der Waals surface area contributed by atoms with E-state index in [4.69, 9.17) is 14.5 Å². The van der Waals surface area contributed by atoms with Crippen molar-refractivity contribution in [3.8, 4) is 34.4 Å². The van der Waals surface area contributed by atoms with Crippen LogP contribution in [-0.2, 0) is 12.7 Å². The van der Waals surface area contributed by atoms with E-state index >= 15 is 4.39 Å². The molecule has 1 aliphatic rings. The number of benzene rings is 1. The van der Waals surface area contributed by atoms with Gasteiger partial charge in [0.25, 0.3) is 5.56 Å². The molecule has 0 amide bonds. The Labute approximate surface area is 248 Å². The van der Waals surface area contributed by atoms with Gasteiger partial charge in [-0.2, -0.15) is 13.2 Å². The first-order chi connectivity index (χ1) is 21.0. The molecule has 1 aliphatic carbocycles. The number of rotatable bonds is 8. The van der Waals surface area contributed by atoms with Crippen molar-refractivity contribution in [3.05, 3.63) is 76.1 Å². The summed E-state index contributed by atoms with van der Waals surface area (Å²) in [5.41, 5.74) is 0.106. The number of fused-ring (bicyclic) bond motifs is 1. The van der Waals surface area contributed by atoms with Gasteiger partial charge < -0.3 is 14.0 Å². The number of methoxy groups -OCH3 is 2. The fourth-order valence-electron chi connectivity index (χ4n) is 5.17. The SMILES string of the molecule is COc1ncnc(C2CC2)c1-c1ncc2ccc(=O)n(Cc3ccc(-c4nc(C(F)(F)F)cn4C(C)C)c(F)c3OC)c2n1. The summed E-state index contributed by atoms with van der Waals surface area (Å²) in [6.45, 7) is 3.18. The van der Waals surface area contributed by atoms with Crippen LogP contribution < -0.4 is 15.0 Å². The zero-order valence-electron chi connectivity index (χ0n) is 24.2. The van der Waals surface area contributed by atoms with Crippen molar-refractivity contribution in [2.75, 3.05) is 14.2 Å². The van der Waals surface area contributed by atoms with Gasteiger partial charge in [0, 0.05) is 41.4 Å². The van der Waals surface area contributed by atoms with Gasteiger partial charge >= 0.3 is 6.18 Å². The number of pyridine rings is 1. The lowest BCUT2D eigenvalue weighted by atomic mass is 10.1. The fraction of sp³-hybridized carbons (Fsp3) is 0.333. The van der Waals surface area contributed by atoms with E-state index in [1.165, 1.54) is 47.9 Å². The van der Waals surface area contributed by atoms with Crippen LogP contribution in [0.25, 0.3) is 33.8 Å². The van der Waals surface area contributed by atoms with Crippen LogP contribution in [0, 0.1) is 5.82 Å². The van der Waals surface area contributed by atoms with Crippen molar-refractivity contribution in [1.82, 2.24) is 34.1 Å². The lowest BCUT2D eigenvalue weighted by molar-refractivity contribution is -0.140. The Kier molecular flexibility index (Phi) is 7.30. The van der Waals surface area contributed by atoms with Crippen LogP contribution in [0.1, 0.15) is 55.6 Å². The molecule has 228 valence electrons. The second-order valence-corrected chi connectivity index (χ2v) is 10.7. The van der Waals surface area contributed by atoms with Crippen LogP contribution in [0.15, 0.2) is 47.8 Å². The number of hydrogen-bond donors (Lipinski definition) is 0. The third-order valence-electron chi connectivity index (χ3n) is 7.48. The molecule has 0 bridgehead atoms. The average Bonchev–Trinajstić information content (AvgIpc) is 3.74. The number of halogens is 4. The maximum absolute atomic E-state index is 16.0. The third-order valence-corrected chi connectivity index (χ3v) is 7.48. The highest BCUT2D eigenvalue weighted by Gasteiger charge is 2.36. The van der Waals surface area contributed by atoms with Crippen LogP contribution in [0.2, 0.25) is 0 Å². The van der Waals surface area contributed by atoms with Crippen molar-refractivity contribution in [3.63, 3.8) is 0 Å². The highest BCUT2D eigenvalue weighted by Crippen LogP contribution is 2.45. The van der Waals surface area contributed by atoms with Crippen LogP contribution in [0.4, 0.5) is 17.6 Å². The van der Waals surface area contributed by atoms with E-state index in [0.717, 1.165) is 24.7 Å². The molecule has 44 heavy (non-hydrogen) atoms. The minimum absolute atomic E-state index is 0.155. The van der Waals surface area contributed by atoms with Gasteiger partial charge in [-0.05, 0) is 38.8 Å². The Morgan fingerprint density at radius 2 is 1.80 bits per heavy atom. The molecule has 1 saturated carbocycles. The lowest BCUT2D eigenvalue weighted by Crippen LogP contribution is -2.21. The summed E-state index contributed by atoms with van der Waals surface area (Å²) in [5, 5.41) is 0.548. The number of alkyl halides is 3. The summed E-state index contributed by atoms with van der Waals surface area (Å²) in [4.78, 5) is 34.8. The largest absolute Gasteiger partial charge is 0.493 e. The Morgan fingerprint density at radius 3 is 2.45 bits per heavy atom. The zero-order chi connectivity index (χ0) is 31.3. The predicted octanol–water partition coefficient (Wildman–Crippen LogP) is 5.79.